The lowest BCUT2D eigenvalue weighted by molar-refractivity contribution is -0.769. The molecule has 1 aromatic carbocycles. The summed E-state index contributed by atoms with van der Waals surface area (Å²) >= 11 is 0. The van der Waals surface area contributed by atoms with E-state index in [0.717, 1.165) is 18.4 Å². The zero-order valence-electron chi connectivity index (χ0n) is 25.3. The Balaban J connectivity index is 1.99. The Morgan fingerprint density at radius 1 is 1.12 bits per heavy atom. The first kappa shape index (κ1) is 35.9. The Morgan fingerprint density at radius 2 is 1.88 bits per heavy atom. The fourth-order valence-electron chi connectivity index (χ4n) is 5.32. The number of aryl methyl sites for hydroxylation is 1. The Kier molecular flexibility index (Phi) is 17.2. The van der Waals surface area contributed by atoms with E-state index in [1.165, 1.54) is 7.11 Å². The van der Waals surface area contributed by atoms with Gasteiger partial charge in [-0.3, -0.25) is 9.59 Å². The van der Waals surface area contributed by atoms with Crippen LogP contribution in [0.2, 0.25) is 0 Å². The molecule has 1 aliphatic carbocycles. The molecule has 43 heavy (non-hydrogen) atoms. The van der Waals surface area contributed by atoms with Crippen molar-refractivity contribution in [2.75, 3.05) is 20.3 Å². The summed E-state index contributed by atoms with van der Waals surface area (Å²) in [6.45, 7) is 2.55. The van der Waals surface area contributed by atoms with Gasteiger partial charge < -0.3 is 29.8 Å². The smallest absolute Gasteiger partial charge is 0.306 e. The first-order chi connectivity index (χ1) is 20.7. The summed E-state index contributed by atoms with van der Waals surface area (Å²) in [5.41, 5.74) is 1.10. The monoisotopic (exact) mass is 604 g/mol. The summed E-state index contributed by atoms with van der Waals surface area (Å²) in [5.74, 6) is -0.881. The molecular formula is C32H48N2O9. The van der Waals surface area contributed by atoms with Crippen molar-refractivity contribution in [1.82, 2.24) is 5.32 Å². The third-order valence-electron chi connectivity index (χ3n) is 7.53. The molecule has 11 heteroatoms. The number of rotatable bonds is 21. The van der Waals surface area contributed by atoms with E-state index in [9.17, 15) is 29.9 Å². The molecule has 0 saturated heterocycles. The van der Waals surface area contributed by atoms with Crippen LogP contribution in [0.15, 0.2) is 54.6 Å². The number of nitrogens with one attached hydrogen (secondary N) is 1. The molecule has 1 aromatic rings. The second-order valence-corrected chi connectivity index (χ2v) is 10.9. The van der Waals surface area contributed by atoms with Crippen molar-refractivity contribution < 1.29 is 39.2 Å². The number of aliphatic hydroxyl groups excluding tert-OH is 2. The van der Waals surface area contributed by atoms with Gasteiger partial charge in [0.05, 0.1) is 18.8 Å². The van der Waals surface area contributed by atoms with Crippen LogP contribution in [0, 0.1) is 22.0 Å². The van der Waals surface area contributed by atoms with Crippen LogP contribution in [-0.2, 0) is 30.3 Å². The van der Waals surface area contributed by atoms with Crippen LogP contribution < -0.4 is 5.32 Å². The summed E-state index contributed by atoms with van der Waals surface area (Å²) < 4.78 is 10.7. The van der Waals surface area contributed by atoms with Crippen LogP contribution in [-0.4, -0.2) is 71.9 Å². The van der Waals surface area contributed by atoms with Crippen molar-refractivity contribution in [3.8, 4) is 0 Å². The number of methoxy groups -OCH3 is 1. The van der Waals surface area contributed by atoms with Crippen molar-refractivity contribution in [3.05, 3.63) is 70.3 Å². The van der Waals surface area contributed by atoms with Crippen molar-refractivity contribution >= 4 is 11.9 Å². The number of esters is 1. The van der Waals surface area contributed by atoms with Crippen LogP contribution in [0.1, 0.15) is 70.3 Å². The highest BCUT2D eigenvalue weighted by Gasteiger charge is 2.39. The number of nitrogens with zero attached hydrogens (tertiary/aromatic N) is 1. The van der Waals surface area contributed by atoms with Crippen molar-refractivity contribution in [1.29, 1.82) is 0 Å². The lowest BCUT2D eigenvalue weighted by Crippen LogP contribution is -2.23. The molecule has 0 spiro atoms. The number of carbonyl (C=O) groups excluding carboxylic acids is 2. The van der Waals surface area contributed by atoms with Crippen LogP contribution in [0.3, 0.4) is 0 Å². The molecule has 1 fully saturated rings. The fourth-order valence-corrected chi connectivity index (χ4v) is 5.32. The van der Waals surface area contributed by atoms with E-state index in [1.807, 2.05) is 55.5 Å². The molecule has 240 valence electrons. The molecule has 2 rings (SSSR count). The van der Waals surface area contributed by atoms with Crippen LogP contribution in [0.4, 0.5) is 0 Å². The van der Waals surface area contributed by atoms with Gasteiger partial charge in [-0.1, -0.05) is 48.6 Å². The van der Waals surface area contributed by atoms with Gasteiger partial charge in [-0.2, -0.15) is 0 Å². The largest absolute Gasteiger partial charge is 0.458 e. The standard InChI is InChI=1S/C32H48N2O9/c1-3-33-31(37)16-10-5-4-9-15-27-28(30(36)22-29(27)35)21-20-25(19-18-24-12-7-6-8-13-24)42-32(38)17-11-14-26(23-41-2)43-34(39)40/h4,6-9,12-13,20-21,25-30,35-36H,3,5,10-11,14-19,22-23H2,1-2H3,(H,33,37)/b9-4-,21-20+/t25-,26-,27+,28+,29-,30+/m0/s1. The molecule has 1 aliphatic rings. The molecule has 0 aliphatic heterocycles. The Morgan fingerprint density at radius 3 is 2.58 bits per heavy atom. The normalized spacial score (nSPS) is 21.6. The van der Waals surface area contributed by atoms with E-state index in [1.54, 1.807) is 6.08 Å². The lowest BCUT2D eigenvalue weighted by atomic mass is 9.89. The van der Waals surface area contributed by atoms with Gasteiger partial charge in [-0.25, -0.2) is 0 Å². The molecule has 0 aromatic heterocycles. The molecule has 1 saturated carbocycles. The minimum atomic E-state index is -0.863. The average molecular weight is 605 g/mol. The zero-order valence-corrected chi connectivity index (χ0v) is 25.3. The molecule has 0 radical (unpaired) electrons. The molecule has 0 unspecified atom stereocenters. The number of allylic oxidation sites excluding steroid dienone is 2. The maximum absolute atomic E-state index is 12.7. The molecule has 0 bridgehead atoms. The second kappa shape index (κ2) is 20.6. The minimum absolute atomic E-state index is 0.0390. The van der Waals surface area contributed by atoms with Crippen molar-refractivity contribution in [2.24, 2.45) is 11.8 Å². The first-order valence-corrected chi connectivity index (χ1v) is 15.2. The van der Waals surface area contributed by atoms with Crippen molar-refractivity contribution in [3.63, 3.8) is 0 Å². The Labute approximate surface area is 254 Å². The second-order valence-electron chi connectivity index (χ2n) is 10.9. The van der Waals surface area contributed by atoms with Gasteiger partial charge in [0.1, 0.15) is 12.2 Å². The Hall–Kier alpha value is -3.28. The van der Waals surface area contributed by atoms with Gasteiger partial charge in [0.25, 0.3) is 5.09 Å². The number of ether oxygens (including phenoxy) is 2. The van der Waals surface area contributed by atoms with Gasteiger partial charge in [-0.05, 0) is 69.4 Å². The molecule has 0 heterocycles. The highest BCUT2D eigenvalue weighted by Crippen LogP contribution is 2.36. The van der Waals surface area contributed by atoms with Crippen LogP contribution in [0.25, 0.3) is 0 Å². The first-order valence-electron chi connectivity index (χ1n) is 15.2. The predicted octanol–water partition coefficient (Wildman–Crippen LogP) is 4.09. The minimum Gasteiger partial charge on any atom is -0.458 e. The van der Waals surface area contributed by atoms with Crippen molar-refractivity contribution in [2.45, 2.75) is 95.5 Å². The highest BCUT2D eigenvalue weighted by molar-refractivity contribution is 5.75. The van der Waals surface area contributed by atoms with E-state index in [0.29, 0.717) is 38.6 Å². The van der Waals surface area contributed by atoms with Crippen LogP contribution in [0.5, 0.6) is 0 Å². The lowest BCUT2D eigenvalue weighted by Gasteiger charge is -2.21. The third-order valence-corrected chi connectivity index (χ3v) is 7.53. The van der Waals surface area contributed by atoms with E-state index >= 15 is 0 Å². The summed E-state index contributed by atoms with van der Waals surface area (Å²) in [5, 5.41) is 33.9. The number of carbonyl (C=O) groups is 2. The number of amides is 1. The summed E-state index contributed by atoms with van der Waals surface area (Å²) in [6.07, 6.45) is 9.68. The molecule has 11 nitrogen and oxygen atoms in total. The van der Waals surface area contributed by atoms with Gasteiger partial charge in [0, 0.05) is 38.8 Å². The van der Waals surface area contributed by atoms with Gasteiger partial charge >= 0.3 is 5.97 Å². The molecule has 1 amide bonds. The summed E-state index contributed by atoms with van der Waals surface area (Å²) in [4.78, 5) is 39.6. The van der Waals surface area contributed by atoms with E-state index in [-0.39, 0.29) is 43.6 Å². The highest BCUT2D eigenvalue weighted by atomic mass is 17.0. The fraction of sp³-hybridized carbons (Fsp3) is 0.625. The quantitative estimate of drug-likeness (QED) is 0.0618. The number of benzene rings is 1. The summed E-state index contributed by atoms with van der Waals surface area (Å²) in [6, 6.07) is 9.84. The topological polar surface area (TPSA) is 157 Å². The summed E-state index contributed by atoms with van der Waals surface area (Å²) in [7, 11) is 1.42. The number of hydrogen-bond acceptors (Lipinski definition) is 9. The van der Waals surface area contributed by atoms with Gasteiger partial charge in [-0.15, -0.1) is 10.1 Å². The average Bonchev–Trinajstić information content (AvgIpc) is 3.23. The molecular weight excluding hydrogens is 556 g/mol. The maximum Gasteiger partial charge on any atom is 0.306 e. The number of unbranched alkanes of at least 4 members (excludes halogenated alkanes) is 1. The zero-order chi connectivity index (χ0) is 31.5. The number of hydrogen-bond donors (Lipinski definition) is 3. The Bertz CT molecular complexity index is 1020. The third kappa shape index (κ3) is 14.6. The van der Waals surface area contributed by atoms with Crippen LogP contribution >= 0.6 is 0 Å². The SMILES string of the molecule is CCNC(=O)CCC/C=C\C[C@@H]1[C@@H](/C=C/[C@H](CCc2ccccc2)OC(=O)CCC[C@@H](COC)O[N+](=O)[O-])[C@H](O)C[C@@H]1O. The number of aliphatic hydroxyl groups is 2. The van der Waals surface area contributed by atoms with E-state index < -0.39 is 35.5 Å². The predicted molar refractivity (Wildman–Crippen MR) is 161 cm³/mol. The molecule has 6 atom stereocenters. The van der Waals surface area contributed by atoms with Gasteiger partial charge in [0.2, 0.25) is 5.91 Å². The maximum atomic E-state index is 12.7. The van der Waals surface area contributed by atoms with Gasteiger partial charge in [0.15, 0.2) is 0 Å². The molecule has 3 N–H and O–H groups in total. The van der Waals surface area contributed by atoms with E-state index in [2.05, 4.69) is 10.2 Å². The van der Waals surface area contributed by atoms with E-state index in [4.69, 9.17) is 9.47 Å².